The van der Waals surface area contributed by atoms with Crippen molar-refractivity contribution in [3.8, 4) is 5.75 Å². The van der Waals surface area contributed by atoms with Gasteiger partial charge in [0.15, 0.2) is 0 Å². The van der Waals surface area contributed by atoms with Gasteiger partial charge in [0.1, 0.15) is 11.9 Å². The lowest BCUT2D eigenvalue weighted by molar-refractivity contribution is -0.137. The van der Waals surface area contributed by atoms with Crippen molar-refractivity contribution in [3.63, 3.8) is 0 Å². The number of anilines is 4. The summed E-state index contributed by atoms with van der Waals surface area (Å²) in [6.07, 6.45) is -0.585. The molecule has 1 saturated heterocycles. The van der Waals surface area contributed by atoms with Crippen LogP contribution in [-0.4, -0.2) is 52.9 Å². The molecule has 12 heteroatoms. The molecule has 1 fully saturated rings. The number of aromatic nitrogens is 2. The van der Waals surface area contributed by atoms with E-state index in [-0.39, 0.29) is 28.7 Å². The number of alkyl halides is 3. The lowest BCUT2D eigenvalue weighted by Crippen LogP contribution is -2.36. The van der Waals surface area contributed by atoms with Gasteiger partial charge in [-0.1, -0.05) is 24.3 Å². The molecule has 0 unspecified atom stereocenters. The highest BCUT2D eigenvalue weighted by Crippen LogP contribution is 2.34. The molecular weight excluding hydrogens is 573 g/mol. The number of halogens is 3. The summed E-state index contributed by atoms with van der Waals surface area (Å²) in [5.74, 6) is -0.843. The number of likely N-dealkylation sites (tertiary alicyclic amines) is 1. The van der Waals surface area contributed by atoms with E-state index in [1.165, 1.54) is 24.5 Å². The van der Waals surface area contributed by atoms with Crippen molar-refractivity contribution in [1.82, 2.24) is 14.9 Å². The van der Waals surface area contributed by atoms with Gasteiger partial charge in [-0.2, -0.15) is 13.2 Å². The van der Waals surface area contributed by atoms with Crippen molar-refractivity contribution in [3.05, 3.63) is 101 Å². The Bertz CT molecular complexity index is 1620. The summed E-state index contributed by atoms with van der Waals surface area (Å²) < 4.78 is 46.6. The molecule has 0 saturated carbocycles. The summed E-state index contributed by atoms with van der Waals surface area (Å²) in [6, 6.07) is 16.9. The third kappa shape index (κ3) is 7.70. The number of nitrogens with zero attached hydrogens (tertiary/aromatic N) is 3. The molecule has 44 heavy (non-hydrogen) atoms. The zero-order chi connectivity index (χ0) is 31.3. The second-order valence-corrected chi connectivity index (χ2v) is 10.6. The van der Waals surface area contributed by atoms with Crippen LogP contribution in [0.15, 0.2) is 79.1 Å². The van der Waals surface area contributed by atoms with Crippen LogP contribution in [0.5, 0.6) is 5.75 Å². The number of piperidine rings is 1. The number of benzene rings is 3. The Morgan fingerprint density at radius 2 is 1.50 bits per heavy atom. The van der Waals surface area contributed by atoms with Crippen LogP contribution in [0, 0.1) is 6.92 Å². The van der Waals surface area contributed by atoms with E-state index >= 15 is 0 Å². The highest BCUT2D eigenvalue weighted by molar-refractivity contribution is 6.09. The highest BCUT2D eigenvalue weighted by Gasteiger charge is 2.32. The van der Waals surface area contributed by atoms with Crippen LogP contribution in [0.25, 0.3) is 0 Å². The average Bonchev–Trinajstić information content (AvgIpc) is 3.00. The standard InChI is InChI=1S/C32H31F3N6O3/c1-20-8-10-23(17-26(20)29(42)39-24-18-36-31(37-19-24)40-22-6-4-3-5-7-22)38-30(43)27-16-21(32(33,34)35)9-11-28(27)44-25-12-14-41(2)15-13-25/h3-11,16-19,25H,12-15H2,1-2H3,(H,38,43)(H,39,42)(H,36,37,40). The first-order valence-corrected chi connectivity index (χ1v) is 14.0. The summed E-state index contributed by atoms with van der Waals surface area (Å²) in [5, 5.41) is 8.42. The monoisotopic (exact) mass is 604 g/mol. The smallest absolute Gasteiger partial charge is 0.416 e. The van der Waals surface area contributed by atoms with Gasteiger partial charge in [0.05, 0.1) is 29.2 Å². The maximum atomic E-state index is 13.5. The zero-order valence-corrected chi connectivity index (χ0v) is 24.1. The Balaban J connectivity index is 1.31. The topological polar surface area (TPSA) is 108 Å². The number of amides is 2. The number of nitrogens with one attached hydrogen (secondary N) is 3. The molecule has 228 valence electrons. The van der Waals surface area contributed by atoms with Crippen LogP contribution < -0.4 is 20.7 Å². The minimum absolute atomic E-state index is 0.0698. The Morgan fingerprint density at radius 1 is 0.841 bits per heavy atom. The number of rotatable bonds is 8. The van der Waals surface area contributed by atoms with Crippen LogP contribution in [0.2, 0.25) is 0 Å². The van der Waals surface area contributed by atoms with Crippen LogP contribution in [0.4, 0.5) is 36.2 Å². The SMILES string of the molecule is Cc1ccc(NC(=O)c2cc(C(F)(F)F)ccc2OC2CCN(C)CC2)cc1C(=O)Nc1cnc(Nc2ccccc2)nc1. The molecule has 4 aromatic rings. The van der Waals surface area contributed by atoms with E-state index in [0.29, 0.717) is 30.0 Å². The van der Waals surface area contributed by atoms with Gasteiger partial charge in [-0.05, 0) is 74.8 Å². The second kappa shape index (κ2) is 13.1. The van der Waals surface area contributed by atoms with E-state index in [9.17, 15) is 22.8 Å². The molecule has 3 aromatic carbocycles. The molecular formula is C32H31F3N6O3. The summed E-state index contributed by atoms with van der Waals surface area (Å²) in [4.78, 5) is 37.0. The molecule has 0 atom stereocenters. The molecule has 0 bridgehead atoms. The highest BCUT2D eigenvalue weighted by atomic mass is 19.4. The number of aryl methyl sites for hydroxylation is 1. The predicted molar refractivity (Wildman–Crippen MR) is 161 cm³/mol. The second-order valence-electron chi connectivity index (χ2n) is 10.6. The van der Waals surface area contributed by atoms with Crippen molar-refractivity contribution in [1.29, 1.82) is 0 Å². The van der Waals surface area contributed by atoms with E-state index in [1.54, 1.807) is 19.1 Å². The molecule has 0 radical (unpaired) electrons. The van der Waals surface area contributed by atoms with Gasteiger partial charge in [0.2, 0.25) is 5.95 Å². The van der Waals surface area contributed by atoms with Crippen molar-refractivity contribution in [2.45, 2.75) is 32.0 Å². The molecule has 0 spiro atoms. The number of carbonyl (C=O) groups is 2. The van der Waals surface area contributed by atoms with Gasteiger partial charge in [-0.25, -0.2) is 9.97 Å². The van der Waals surface area contributed by atoms with Crippen LogP contribution in [0.3, 0.4) is 0 Å². The molecule has 1 aliphatic heterocycles. The first-order chi connectivity index (χ1) is 21.0. The van der Waals surface area contributed by atoms with Crippen molar-refractivity contribution < 1.29 is 27.5 Å². The molecule has 9 nitrogen and oxygen atoms in total. The molecule has 3 N–H and O–H groups in total. The maximum Gasteiger partial charge on any atom is 0.416 e. The van der Waals surface area contributed by atoms with Crippen LogP contribution >= 0.6 is 0 Å². The summed E-state index contributed by atoms with van der Waals surface area (Å²) >= 11 is 0. The first kappa shape index (κ1) is 30.5. The quantitative estimate of drug-likeness (QED) is 0.210. The average molecular weight is 605 g/mol. The third-order valence-electron chi connectivity index (χ3n) is 7.19. The molecule has 0 aliphatic carbocycles. The fourth-order valence-corrected chi connectivity index (χ4v) is 4.72. The molecule has 5 rings (SSSR count). The lowest BCUT2D eigenvalue weighted by Gasteiger charge is -2.30. The van der Waals surface area contributed by atoms with Gasteiger partial charge in [-0.15, -0.1) is 0 Å². The molecule has 2 heterocycles. The summed E-state index contributed by atoms with van der Waals surface area (Å²) in [6.45, 7) is 3.29. The minimum atomic E-state index is -4.64. The number of para-hydroxylation sites is 1. The normalized spacial score (nSPS) is 14.1. The predicted octanol–water partition coefficient (Wildman–Crippen LogP) is 6.53. The Morgan fingerprint density at radius 3 is 2.18 bits per heavy atom. The van der Waals surface area contributed by atoms with E-state index in [0.717, 1.165) is 30.9 Å². The first-order valence-electron chi connectivity index (χ1n) is 14.0. The molecule has 1 aromatic heterocycles. The minimum Gasteiger partial charge on any atom is -0.489 e. The van der Waals surface area contributed by atoms with Crippen LogP contribution in [0.1, 0.15) is 44.7 Å². The number of hydrogen-bond donors (Lipinski definition) is 3. The van der Waals surface area contributed by atoms with Gasteiger partial charge in [0, 0.05) is 30.0 Å². The fraction of sp³-hybridized carbons (Fsp3) is 0.250. The van der Waals surface area contributed by atoms with Crippen LogP contribution in [-0.2, 0) is 6.18 Å². The number of carbonyl (C=O) groups excluding carboxylic acids is 2. The van der Waals surface area contributed by atoms with E-state index in [1.807, 2.05) is 37.4 Å². The maximum absolute atomic E-state index is 13.5. The number of hydrogen-bond acceptors (Lipinski definition) is 7. The van der Waals surface area contributed by atoms with E-state index < -0.39 is 23.6 Å². The van der Waals surface area contributed by atoms with Crippen molar-refractivity contribution >= 4 is 34.8 Å². The van der Waals surface area contributed by atoms with Gasteiger partial charge in [0.25, 0.3) is 11.8 Å². The van der Waals surface area contributed by atoms with Gasteiger partial charge >= 0.3 is 6.18 Å². The molecule has 2 amide bonds. The number of ether oxygens (including phenoxy) is 1. The van der Waals surface area contributed by atoms with E-state index in [2.05, 4.69) is 30.8 Å². The largest absolute Gasteiger partial charge is 0.489 e. The fourth-order valence-electron chi connectivity index (χ4n) is 4.72. The Hall–Kier alpha value is -4.97. The zero-order valence-electron chi connectivity index (χ0n) is 24.1. The molecule has 1 aliphatic rings. The summed E-state index contributed by atoms with van der Waals surface area (Å²) in [7, 11) is 1.98. The lowest BCUT2D eigenvalue weighted by atomic mass is 10.1. The van der Waals surface area contributed by atoms with Crippen molar-refractivity contribution in [2.24, 2.45) is 0 Å². The third-order valence-corrected chi connectivity index (χ3v) is 7.19. The van der Waals surface area contributed by atoms with Crippen molar-refractivity contribution in [2.75, 3.05) is 36.1 Å². The van der Waals surface area contributed by atoms with Gasteiger partial charge < -0.3 is 25.6 Å². The van der Waals surface area contributed by atoms with E-state index in [4.69, 9.17) is 4.74 Å². The summed E-state index contributed by atoms with van der Waals surface area (Å²) in [5.41, 5.74) is 1.05. The Kier molecular flexibility index (Phi) is 9.09. The Labute approximate surface area is 252 Å². The van der Waals surface area contributed by atoms with Gasteiger partial charge in [-0.3, -0.25) is 9.59 Å².